The summed E-state index contributed by atoms with van der Waals surface area (Å²) in [7, 11) is 7.59. The number of hydrogen-bond donors (Lipinski definition) is 10. The lowest BCUT2D eigenvalue weighted by molar-refractivity contribution is -0.129. The minimum atomic E-state index is -0.350. The third-order valence-corrected chi connectivity index (χ3v) is 20.6. The second-order valence-corrected chi connectivity index (χ2v) is 28.1. The van der Waals surface area contributed by atoms with Crippen LogP contribution in [0.2, 0.25) is 0 Å². The molecule has 3 rings (SSSR count). The van der Waals surface area contributed by atoms with E-state index in [-0.39, 0.29) is 47.4 Å². The molecule has 23 nitrogen and oxygen atoms in total. The summed E-state index contributed by atoms with van der Waals surface area (Å²) in [5.74, 6) is 0.839. The van der Waals surface area contributed by atoms with E-state index in [4.69, 9.17) is 0 Å². The van der Waals surface area contributed by atoms with Crippen LogP contribution >= 0.6 is 0 Å². The number of unbranched alkanes of at least 4 members (excludes halogenated alkanes) is 4. The fourth-order valence-electron chi connectivity index (χ4n) is 12.8. The van der Waals surface area contributed by atoms with Gasteiger partial charge in [-0.15, -0.1) is 0 Å². The van der Waals surface area contributed by atoms with Crippen LogP contribution in [-0.2, 0) is 19.2 Å². The molecule has 23 heteroatoms. The van der Waals surface area contributed by atoms with E-state index < -0.39 is 0 Å². The molecule has 2 aliphatic heterocycles. The summed E-state index contributed by atoms with van der Waals surface area (Å²) in [5.41, 5.74) is 2.77. The van der Waals surface area contributed by atoms with Crippen molar-refractivity contribution < 1.29 is 24.0 Å². The number of carbonyl (C=O) groups is 5. The van der Waals surface area contributed by atoms with Gasteiger partial charge in [-0.1, -0.05) is 116 Å². The Morgan fingerprint density at radius 1 is 0.336 bits per heavy atom. The van der Waals surface area contributed by atoms with E-state index in [2.05, 4.69) is 162 Å². The standard InChI is InChI=1S/C20H42N4O2.2C16H36N4.C13H20N2O.C10H22N2O.C9H20N2O/c1-5-19(25)17(13-9-11-15-21-6-2)24-20(26)18(23-8-4)14-10-12-16-22-7-3;2*1-5-17-9-11-18(6-2)13-15-20(8-4)16-14-19(7-3)12-10-17;1-4-13(16)10-7-11(14-5-2)9-12(8-10)15-6-3;1-4-10(13)9(12-3)7-5-6-8-11-2;1-8(12)9(11-3)6-4-5-7-10-2/h17-18,21-23H,5-16H2,1-4H3,(H,24,26);2*5-16H2,1-4H3;7-9,14-15H,4-6H2,1-3H3;9,11-12H,4-8H2,1-3H3;9-11H,4-7H2,1-3H3. The molecule has 4 atom stereocenters. The van der Waals surface area contributed by atoms with Crippen LogP contribution in [0.15, 0.2) is 18.2 Å². The quantitative estimate of drug-likeness (QED) is 0.0216. The number of likely N-dealkylation sites (N-methyl/N-ethyl adjacent to an activating group) is 11. The van der Waals surface area contributed by atoms with Crippen LogP contribution in [-0.4, -0.2) is 337 Å². The minimum absolute atomic E-state index is 0.0335. The van der Waals surface area contributed by atoms with Gasteiger partial charge in [-0.2, -0.15) is 0 Å². The van der Waals surface area contributed by atoms with E-state index in [1.807, 2.05) is 87.9 Å². The van der Waals surface area contributed by atoms with Gasteiger partial charge in [-0.05, 0) is 223 Å². The molecule has 1 aromatic rings. The Hall–Kier alpha value is -3.63. The highest BCUT2D eigenvalue weighted by Gasteiger charge is 2.24. The summed E-state index contributed by atoms with van der Waals surface area (Å²) in [6.07, 6.45) is 13.6. The lowest BCUT2D eigenvalue weighted by atomic mass is 10.0. The summed E-state index contributed by atoms with van der Waals surface area (Å²) in [6, 6.07) is 5.42. The van der Waals surface area contributed by atoms with Gasteiger partial charge in [-0.3, -0.25) is 24.0 Å². The third-order valence-electron chi connectivity index (χ3n) is 20.6. The summed E-state index contributed by atoms with van der Waals surface area (Å²) in [5, 5.41) is 31.6. The molecule has 4 unspecified atom stereocenters. The Morgan fingerprint density at radius 2 is 0.626 bits per heavy atom. The Morgan fingerprint density at radius 3 is 0.879 bits per heavy atom. The zero-order valence-electron chi connectivity index (χ0n) is 73.6. The number of nitrogens with one attached hydrogen (secondary N) is 10. The molecule has 2 aliphatic rings. The van der Waals surface area contributed by atoms with Crippen molar-refractivity contribution in [2.75, 3.05) is 255 Å². The number of ketones is 4. The number of rotatable bonds is 47. The second-order valence-electron chi connectivity index (χ2n) is 28.1. The van der Waals surface area contributed by atoms with E-state index in [1.54, 1.807) is 6.92 Å². The highest BCUT2D eigenvalue weighted by molar-refractivity contribution is 5.98. The number of nitrogens with zero attached hydrogens (tertiary/aromatic N) is 8. The van der Waals surface area contributed by atoms with Crippen LogP contribution < -0.4 is 53.2 Å². The summed E-state index contributed by atoms with van der Waals surface area (Å²) in [4.78, 5) is 79.7. The van der Waals surface area contributed by atoms with Crippen molar-refractivity contribution in [1.29, 1.82) is 0 Å². The van der Waals surface area contributed by atoms with Crippen molar-refractivity contribution in [2.45, 2.75) is 238 Å². The molecular weight excluding hydrogens is 1340 g/mol. The summed E-state index contributed by atoms with van der Waals surface area (Å²) >= 11 is 0. The molecule has 0 radical (unpaired) electrons. The van der Waals surface area contributed by atoms with Crippen molar-refractivity contribution in [3.05, 3.63) is 23.8 Å². The number of carbonyl (C=O) groups excluding carboxylic acids is 5. The number of Topliss-reactive ketones (excluding diaryl/α,β-unsaturated/α-hetero) is 4. The second kappa shape index (κ2) is 76.4. The van der Waals surface area contributed by atoms with Crippen molar-refractivity contribution >= 4 is 40.4 Å². The normalized spacial score (nSPS) is 16.5. The van der Waals surface area contributed by atoms with Gasteiger partial charge < -0.3 is 92.4 Å². The first-order valence-corrected chi connectivity index (χ1v) is 43.3. The molecule has 632 valence electrons. The van der Waals surface area contributed by atoms with Gasteiger partial charge in [-0.25, -0.2) is 0 Å². The highest BCUT2D eigenvalue weighted by Crippen LogP contribution is 2.20. The molecule has 0 bridgehead atoms. The molecule has 2 heterocycles. The molecule has 0 aliphatic carbocycles. The van der Waals surface area contributed by atoms with Crippen LogP contribution in [0.25, 0.3) is 0 Å². The molecule has 0 aromatic heterocycles. The maximum atomic E-state index is 12.7. The monoisotopic (exact) mass is 1520 g/mol. The van der Waals surface area contributed by atoms with Gasteiger partial charge in [0.1, 0.15) is 11.6 Å². The van der Waals surface area contributed by atoms with Crippen LogP contribution in [0, 0.1) is 0 Å². The average molecular weight is 1520 g/mol. The van der Waals surface area contributed by atoms with Gasteiger partial charge >= 0.3 is 0 Å². The molecule has 10 N–H and O–H groups in total. The molecule has 1 aromatic carbocycles. The van der Waals surface area contributed by atoms with Crippen LogP contribution in [0.3, 0.4) is 0 Å². The first-order valence-electron chi connectivity index (χ1n) is 43.3. The third kappa shape index (κ3) is 58.0. The maximum absolute atomic E-state index is 12.7. The SMILES string of the molecule is CCC(=O)C(CCCCNC)NC.CCN1CCN(CC)CCN(CC)CCN(CC)CC1.CCN1CCN(CC)CCN(CC)CCN(CC)CC1.CCNCCCCC(NC(=O)C(CCCCNCC)NCC)C(=O)CC.CCNc1cc(NCC)cc(C(=O)CC)c1.CNCCCCC(NC)C(C)=O. The summed E-state index contributed by atoms with van der Waals surface area (Å²) in [6.45, 7) is 73.2. The smallest absolute Gasteiger partial charge is 0.237 e. The Balaban J connectivity index is -0.00000124. The molecule has 0 saturated carbocycles. The molecule has 2 fully saturated rings. The fourth-order valence-corrected chi connectivity index (χ4v) is 12.8. The van der Waals surface area contributed by atoms with E-state index in [1.165, 1.54) is 157 Å². The molecule has 1 amide bonds. The van der Waals surface area contributed by atoms with Crippen molar-refractivity contribution in [3.63, 3.8) is 0 Å². The van der Waals surface area contributed by atoms with Crippen LogP contribution in [0.1, 0.15) is 224 Å². The number of anilines is 2. The van der Waals surface area contributed by atoms with Crippen molar-refractivity contribution in [1.82, 2.24) is 81.7 Å². The van der Waals surface area contributed by atoms with Crippen LogP contribution in [0.4, 0.5) is 11.4 Å². The minimum Gasteiger partial charge on any atom is -0.385 e. The summed E-state index contributed by atoms with van der Waals surface area (Å²) < 4.78 is 0. The topological polar surface area (TPSA) is 232 Å². The predicted molar refractivity (Wildman–Crippen MR) is 463 cm³/mol. The van der Waals surface area contributed by atoms with Crippen molar-refractivity contribution in [2.24, 2.45) is 0 Å². The number of amides is 1. The van der Waals surface area contributed by atoms with Crippen molar-refractivity contribution in [3.8, 4) is 0 Å². The highest BCUT2D eigenvalue weighted by atomic mass is 16.2. The van der Waals surface area contributed by atoms with E-state index in [9.17, 15) is 24.0 Å². The first kappa shape index (κ1) is 108. The van der Waals surface area contributed by atoms with E-state index >= 15 is 0 Å². The lowest BCUT2D eigenvalue weighted by Gasteiger charge is -2.33. The molecule has 2 saturated heterocycles. The Kier molecular flexibility index (Phi) is 76.7. The molecular formula is C84H176N18O5. The van der Waals surface area contributed by atoms with E-state index in [0.29, 0.717) is 25.0 Å². The zero-order valence-corrected chi connectivity index (χ0v) is 73.6. The zero-order chi connectivity index (χ0) is 80.7. The number of hydrogen-bond acceptors (Lipinski definition) is 22. The van der Waals surface area contributed by atoms with Gasteiger partial charge in [0.2, 0.25) is 5.91 Å². The average Bonchev–Trinajstić information content (AvgIpc) is 0.858. The number of benzene rings is 1. The van der Waals surface area contributed by atoms with E-state index in [0.717, 1.165) is 153 Å². The van der Waals surface area contributed by atoms with Gasteiger partial charge in [0.05, 0.1) is 24.2 Å². The fraction of sp³-hybridized carbons (Fsp3) is 0.869. The predicted octanol–water partition coefficient (Wildman–Crippen LogP) is 9.20. The largest absolute Gasteiger partial charge is 0.385 e. The van der Waals surface area contributed by atoms with Gasteiger partial charge in [0.15, 0.2) is 11.6 Å². The van der Waals surface area contributed by atoms with Crippen LogP contribution in [0.5, 0.6) is 0 Å². The first-order chi connectivity index (χ1) is 51.7. The maximum Gasteiger partial charge on any atom is 0.237 e. The van der Waals surface area contributed by atoms with Gasteiger partial charge in [0, 0.05) is 154 Å². The molecule has 107 heavy (non-hydrogen) atoms. The molecule has 0 spiro atoms. The Bertz CT molecular complexity index is 2010. The lowest BCUT2D eigenvalue weighted by Crippen LogP contribution is -2.50. The Labute approximate surface area is 659 Å². The van der Waals surface area contributed by atoms with Gasteiger partial charge in [0.25, 0.3) is 0 Å².